The first-order valence-corrected chi connectivity index (χ1v) is 3.02. The van der Waals surface area contributed by atoms with Crippen LogP contribution in [0.25, 0.3) is 10.4 Å². The molecular weight excluding hydrogens is 116 g/mol. The van der Waals surface area contributed by atoms with E-state index in [4.69, 9.17) is 5.53 Å². The van der Waals surface area contributed by atoms with Gasteiger partial charge in [0.25, 0.3) is 0 Å². The van der Waals surface area contributed by atoms with Crippen LogP contribution >= 0.6 is 0 Å². The topological polar surface area (TPSA) is 48.8 Å². The van der Waals surface area contributed by atoms with Gasteiger partial charge in [-0.15, -0.1) is 0 Å². The van der Waals surface area contributed by atoms with Gasteiger partial charge in [0.1, 0.15) is 5.22 Å². The van der Waals surface area contributed by atoms with Gasteiger partial charge < -0.3 is 0 Å². The number of hydrogen-bond donors (Lipinski definition) is 0. The molecule has 0 amide bonds. The van der Waals surface area contributed by atoms with Gasteiger partial charge in [-0.3, -0.25) is 0 Å². The van der Waals surface area contributed by atoms with Crippen molar-refractivity contribution in [2.45, 2.75) is 13.3 Å². The van der Waals surface area contributed by atoms with E-state index in [0.717, 1.165) is 13.0 Å². The van der Waals surface area contributed by atoms with E-state index in [9.17, 15) is 0 Å². The van der Waals surface area contributed by atoms with Crippen molar-refractivity contribution in [2.24, 2.45) is 5.22 Å². The first kappa shape index (κ1) is 8.27. The summed E-state index contributed by atoms with van der Waals surface area (Å²) in [6.07, 6.45) is 1.03. The Morgan fingerprint density at radius 3 is 2.44 bits per heavy atom. The number of rotatable bonds is 3. The Morgan fingerprint density at radius 2 is 2.11 bits per heavy atom. The third-order valence-corrected chi connectivity index (χ3v) is 1.05. The Bertz CT molecular complexity index is 123. The van der Waals surface area contributed by atoms with Gasteiger partial charge >= 0.3 is 0 Å². The predicted molar refractivity (Wildman–Crippen MR) is 36.4 cm³/mol. The Kier molecular flexibility index (Phi) is 3.06. The summed E-state index contributed by atoms with van der Waals surface area (Å²) in [5.41, 5.74) is 8.07. The molecule has 0 aliphatic rings. The molecule has 0 aromatic rings. The Morgan fingerprint density at radius 1 is 1.56 bits per heavy atom. The lowest BCUT2D eigenvalue weighted by Crippen LogP contribution is -2.32. The smallest absolute Gasteiger partial charge is 0.113 e. The fourth-order valence-electron chi connectivity index (χ4n) is 0.700. The molecule has 0 aromatic carbocycles. The lowest BCUT2D eigenvalue weighted by molar-refractivity contribution is -0.899. The molecule has 0 saturated carbocycles. The maximum absolute atomic E-state index is 8.07. The van der Waals surface area contributed by atoms with E-state index >= 15 is 0 Å². The second-order valence-electron chi connectivity index (χ2n) is 2.52. The van der Waals surface area contributed by atoms with E-state index < -0.39 is 0 Å². The van der Waals surface area contributed by atoms with E-state index in [1.54, 1.807) is 0 Å². The van der Waals surface area contributed by atoms with Crippen LogP contribution in [0, 0.1) is 0 Å². The highest BCUT2D eigenvalue weighted by Crippen LogP contribution is 1.98. The van der Waals surface area contributed by atoms with E-state index in [-0.39, 0.29) is 0 Å². The van der Waals surface area contributed by atoms with Gasteiger partial charge in [0, 0.05) is 5.53 Å². The monoisotopic (exact) mass is 129 g/mol. The summed E-state index contributed by atoms with van der Waals surface area (Å²) in [7, 11) is 3.76. The molecule has 0 saturated heterocycles. The van der Waals surface area contributed by atoms with Crippen LogP contribution < -0.4 is 0 Å². The fourth-order valence-corrected chi connectivity index (χ4v) is 0.700. The molecule has 0 N–H and O–H groups in total. The number of azide groups is 1. The maximum Gasteiger partial charge on any atom is 0.113 e. The zero-order valence-corrected chi connectivity index (χ0v) is 6.20. The summed E-state index contributed by atoms with van der Waals surface area (Å²) in [4.78, 5) is 2.72. The van der Waals surface area contributed by atoms with E-state index in [0.29, 0.717) is 4.59 Å². The average Bonchev–Trinajstić information content (AvgIpc) is 1.64. The highest BCUT2D eigenvalue weighted by molar-refractivity contribution is 4.31. The molecule has 0 aromatic heterocycles. The Labute approximate surface area is 55.3 Å². The van der Waals surface area contributed by atoms with Crippen molar-refractivity contribution < 1.29 is 4.59 Å². The molecule has 0 fully saturated rings. The molecule has 0 rings (SSSR count). The van der Waals surface area contributed by atoms with Crippen molar-refractivity contribution in [3.05, 3.63) is 10.4 Å². The van der Waals surface area contributed by atoms with Crippen molar-refractivity contribution in [3.8, 4) is 0 Å². The summed E-state index contributed by atoms with van der Waals surface area (Å²) in [5, 5.41) is 3.56. The van der Waals surface area contributed by atoms with Gasteiger partial charge in [-0.1, -0.05) is 6.92 Å². The minimum Gasteiger partial charge on any atom is -0.219 e. The van der Waals surface area contributed by atoms with Crippen LogP contribution in [-0.4, -0.2) is 25.2 Å². The zero-order chi connectivity index (χ0) is 7.33. The third kappa shape index (κ3) is 3.82. The molecule has 0 unspecified atom stereocenters. The van der Waals surface area contributed by atoms with Gasteiger partial charge in [0.2, 0.25) is 0 Å². The number of quaternary nitrogens is 1. The SMILES string of the molecule is CCC[N+](C)(C)N=[N+]=[N-]. The van der Waals surface area contributed by atoms with Gasteiger partial charge in [0.15, 0.2) is 0 Å². The highest BCUT2D eigenvalue weighted by Gasteiger charge is 2.09. The Hall–Kier alpha value is -0.730. The Balaban J connectivity index is 3.85. The van der Waals surface area contributed by atoms with Crippen LogP contribution in [0.5, 0.6) is 0 Å². The lowest BCUT2D eigenvalue weighted by atomic mass is 10.4. The van der Waals surface area contributed by atoms with Crippen LogP contribution in [0.1, 0.15) is 13.3 Å². The molecule has 0 aliphatic carbocycles. The van der Waals surface area contributed by atoms with Crippen LogP contribution in [0.3, 0.4) is 0 Å². The predicted octanol–water partition coefficient (Wildman–Crippen LogP) is 1.70. The molecular formula is C5H13N4+. The molecule has 0 atom stereocenters. The van der Waals surface area contributed by atoms with E-state index in [1.165, 1.54) is 0 Å². The van der Waals surface area contributed by atoms with Crippen molar-refractivity contribution in [1.82, 2.24) is 0 Å². The lowest BCUT2D eigenvalue weighted by Gasteiger charge is -2.18. The van der Waals surface area contributed by atoms with Crippen LogP contribution in [0.4, 0.5) is 0 Å². The molecule has 0 aliphatic heterocycles. The number of nitrogens with zero attached hydrogens (tertiary/aromatic N) is 4. The van der Waals surface area contributed by atoms with E-state index in [1.807, 2.05) is 14.1 Å². The summed E-state index contributed by atoms with van der Waals surface area (Å²) < 4.78 is 0.396. The van der Waals surface area contributed by atoms with Gasteiger partial charge in [-0.05, 0) is 6.42 Å². The minimum atomic E-state index is 0.396. The maximum atomic E-state index is 8.07. The third-order valence-electron chi connectivity index (χ3n) is 1.05. The molecule has 0 radical (unpaired) electrons. The second kappa shape index (κ2) is 3.33. The molecule has 4 heteroatoms. The second-order valence-corrected chi connectivity index (χ2v) is 2.52. The standard InChI is InChI=1S/C5H13N4/c1-4-5-9(2,3)8-7-6/h4-5H2,1-3H3/q+1. The first-order valence-electron chi connectivity index (χ1n) is 3.02. The zero-order valence-electron chi connectivity index (χ0n) is 6.20. The quantitative estimate of drug-likeness (QED) is 0.183. The van der Waals surface area contributed by atoms with Gasteiger partial charge in [-0.2, -0.15) is 0 Å². The van der Waals surface area contributed by atoms with Gasteiger partial charge in [0.05, 0.1) is 25.6 Å². The number of hydrogen-bond acceptors (Lipinski definition) is 1. The van der Waals surface area contributed by atoms with Crippen LogP contribution in [0.15, 0.2) is 5.22 Å². The normalized spacial score (nSPS) is 10.6. The van der Waals surface area contributed by atoms with E-state index in [2.05, 4.69) is 17.1 Å². The fraction of sp³-hybridized carbons (Fsp3) is 1.00. The molecule has 9 heavy (non-hydrogen) atoms. The summed E-state index contributed by atoms with van der Waals surface area (Å²) >= 11 is 0. The van der Waals surface area contributed by atoms with Crippen molar-refractivity contribution in [2.75, 3.05) is 20.6 Å². The average molecular weight is 129 g/mol. The largest absolute Gasteiger partial charge is 0.219 e. The van der Waals surface area contributed by atoms with Crippen LogP contribution in [0.2, 0.25) is 0 Å². The minimum absolute atomic E-state index is 0.396. The molecule has 52 valence electrons. The first-order chi connectivity index (χ1) is 4.12. The van der Waals surface area contributed by atoms with Crippen LogP contribution in [-0.2, 0) is 0 Å². The summed E-state index contributed by atoms with van der Waals surface area (Å²) in [6.45, 7) is 2.96. The highest BCUT2D eigenvalue weighted by atomic mass is 15.6. The van der Waals surface area contributed by atoms with Crippen molar-refractivity contribution in [1.29, 1.82) is 0 Å². The van der Waals surface area contributed by atoms with Crippen molar-refractivity contribution in [3.63, 3.8) is 0 Å². The summed E-state index contributed by atoms with van der Waals surface area (Å²) in [6, 6.07) is 0. The van der Waals surface area contributed by atoms with Crippen molar-refractivity contribution >= 4 is 0 Å². The molecule has 4 nitrogen and oxygen atoms in total. The molecule has 0 heterocycles. The molecule has 0 spiro atoms. The summed E-state index contributed by atoms with van der Waals surface area (Å²) in [5.74, 6) is 0. The molecule has 0 bridgehead atoms. The van der Waals surface area contributed by atoms with Gasteiger partial charge in [-0.25, -0.2) is 4.59 Å².